The molecule has 0 N–H and O–H groups in total. The first-order valence-corrected chi connectivity index (χ1v) is 9.95. The number of hydrogen-bond acceptors (Lipinski definition) is 5. The molecular formula is C21H24N2O5. The van der Waals surface area contributed by atoms with Crippen LogP contribution in [0, 0.1) is 11.8 Å². The first kappa shape index (κ1) is 18.7. The standard InChI is InChI=1S/C21H24N2O5/c24-18(22-11-5-7-14-6-1-4-10-17(14)22)13-28-19(25)12-23-20(26)15-8-2-3-9-16(15)21(23)27/h1,4,6,10,15-16H,2-3,5,7-9,11-13H2/t15-,16-/m0/s1. The first-order chi connectivity index (χ1) is 13.6. The van der Waals surface area contributed by atoms with E-state index in [-0.39, 0.29) is 29.6 Å². The predicted molar refractivity (Wildman–Crippen MR) is 100 cm³/mol. The van der Waals surface area contributed by atoms with Gasteiger partial charge in [0.05, 0.1) is 11.8 Å². The van der Waals surface area contributed by atoms with Gasteiger partial charge in [0, 0.05) is 12.2 Å². The Morgan fingerprint density at radius 3 is 2.39 bits per heavy atom. The van der Waals surface area contributed by atoms with Gasteiger partial charge in [-0.25, -0.2) is 0 Å². The Morgan fingerprint density at radius 2 is 1.68 bits per heavy atom. The Bertz CT molecular complexity index is 797. The minimum absolute atomic E-state index is 0.275. The second-order valence-electron chi connectivity index (χ2n) is 7.70. The molecule has 7 nitrogen and oxygen atoms in total. The topological polar surface area (TPSA) is 84.0 Å². The van der Waals surface area contributed by atoms with Crippen LogP contribution in [0.2, 0.25) is 0 Å². The summed E-state index contributed by atoms with van der Waals surface area (Å²) in [6, 6.07) is 7.69. The second-order valence-corrected chi connectivity index (χ2v) is 7.70. The number of carbonyl (C=O) groups excluding carboxylic acids is 4. The molecule has 0 radical (unpaired) electrons. The van der Waals surface area contributed by atoms with Crippen LogP contribution in [0.4, 0.5) is 5.69 Å². The largest absolute Gasteiger partial charge is 0.454 e. The van der Waals surface area contributed by atoms with Crippen molar-refractivity contribution in [3.8, 4) is 0 Å². The molecule has 0 unspecified atom stereocenters. The van der Waals surface area contributed by atoms with E-state index >= 15 is 0 Å². The van der Waals surface area contributed by atoms with E-state index in [0.717, 1.165) is 41.8 Å². The molecule has 4 rings (SSSR count). The van der Waals surface area contributed by atoms with Crippen molar-refractivity contribution in [1.29, 1.82) is 0 Å². The van der Waals surface area contributed by atoms with Gasteiger partial charge in [-0.1, -0.05) is 31.0 Å². The number of ether oxygens (including phenoxy) is 1. The molecule has 0 aromatic heterocycles. The number of para-hydroxylation sites is 1. The maximum absolute atomic E-state index is 12.5. The molecule has 1 aromatic carbocycles. The fourth-order valence-electron chi connectivity index (χ4n) is 4.57. The third kappa shape index (κ3) is 3.41. The Hall–Kier alpha value is -2.70. The zero-order valence-corrected chi connectivity index (χ0v) is 15.8. The Kier molecular flexibility index (Phi) is 5.15. The van der Waals surface area contributed by atoms with E-state index < -0.39 is 19.1 Å². The first-order valence-electron chi connectivity index (χ1n) is 9.95. The smallest absolute Gasteiger partial charge is 0.326 e. The average Bonchev–Trinajstić information content (AvgIpc) is 2.96. The molecule has 0 spiro atoms. The van der Waals surface area contributed by atoms with Gasteiger partial charge in [-0.05, 0) is 37.3 Å². The highest BCUT2D eigenvalue weighted by molar-refractivity contribution is 6.07. The monoisotopic (exact) mass is 384 g/mol. The lowest BCUT2D eigenvalue weighted by Gasteiger charge is -2.29. The highest BCUT2D eigenvalue weighted by atomic mass is 16.5. The van der Waals surface area contributed by atoms with Gasteiger partial charge in [-0.3, -0.25) is 24.1 Å². The molecule has 3 aliphatic rings. The third-order valence-corrected chi connectivity index (χ3v) is 5.99. The van der Waals surface area contributed by atoms with Gasteiger partial charge in [0.2, 0.25) is 11.8 Å². The number of benzene rings is 1. The lowest BCUT2D eigenvalue weighted by atomic mass is 9.81. The summed E-state index contributed by atoms with van der Waals surface area (Å²) in [4.78, 5) is 52.2. The predicted octanol–water partition coefficient (Wildman–Crippen LogP) is 1.68. The number of likely N-dealkylation sites (tertiary alicyclic amines) is 1. The summed E-state index contributed by atoms with van der Waals surface area (Å²) in [6.45, 7) is -0.218. The molecule has 3 amide bonds. The normalized spacial score (nSPS) is 24.0. The molecule has 1 aliphatic carbocycles. The van der Waals surface area contributed by atoms with Gasteiger partial charge in [0.1, 0.15) is 6.54 Å². The van der Waals surface area contributed by atoms with Crippen LogP contribution in [-0.2, 0) is 30.3 Å². The van der Waals surface area contributed by atoms with Crippen molar-refractivity contribution >= 4 is 29.4 Å². The van der Waals surface area contributed by atoms with Gasteiger partial charge >= 0.3 is 5.97 Å². The van der Waals surface area contributed by atoms with Crippen molar-refractivity contribution in [1.82, 2.24) is 4.90 Å². The second kappa shape index (κ2) is 7.73. The number of fused-ring (bicyclic) bond motifs is 2. The van der Waals surface area contributed by atoms with E-state index in [2.05, 4.69) is 0 Å². The Balaban J connectivity index is 1.33. The van der Waals surface area contributed by atoms with Crippen LogP contribution in [0.15, 0.2) is 24.3 Å². The van der Waals surface area contributed by atoms with Gasteiger partial charge in [0.25, 0.3) is 5.91 Å². The maximum Gasteiger partial charge on any atom is 0.326 e. The molecule has 2 atom stereocenters. The zero-order valence-electron chi connectivity index (χ0n) is 15.8. The number of amides is 3. The maximum atomic E-state index is 12.5. The number of rotatable bonds is 4. The van der Waals surface area contributed by atoms with Crippen molar-refractivity contribution in [3.05, 3.63) is 29.8 Å². The van der Waals surface area contributed by atoms with Crippen LogP contribution in [0.1, 0.15) is 37.7 Å². The van der Waals surface area contributed by atoms with Crippen LogP contribution in [-0.4, -0.2) is 48.3 Å². The average molecular weight is 384 g/mol. The molecule has 0 bridgehead atoms. The SMILES string of the molecule is O=C(CN1C(=O)[C@H]2CCCC[C@@H]2C1=O)OCC(=O)N1CCCc2ccccc21. The molecule has 1 saturated heterocycles. The van der Waals surface area contributed by atoms with E-state index in [4.69, 9.17) is 4.74 Å². The third-order valence-electron chi connectivity index (χ3n) is 5.99. The summed E-state index contributed by atoms with van der Waals surface area (Å²) in [5.74, 6) is -2.15. The van der Waals surface area contributed by atoms with E-state index in [0.29, 0.717) is 19.4 Å². The fourth-order valence-corrected chi connectivity index (χ4v) is 4.57. The van der Waals surface area contributed by atoms with Gasteiger partial charge in [0.15, 0.2) is 6.61 Å². The minimum Gasteiger partial charge on any atom is -0.454 e. The molecule has 1 saturated carbocycles. The number of esters is 1. The van der Waals surface area contributed by atoms with Crippen molar-refractivity contribution < 1.29 is 23.9 Å². The summed E-state index contributed by atoms with van der Waals surface area (Å²) in [5.41, 5.74) is 1.95. The number of hydrogen-bond donors (Lipinski definition) is 0. The molecule has 1 aromatic rings. The molecule has 2 fully saturated rings. The number of aryl methyl sites for hydroxylation is 1. The zero-order chi connectivity index (χ0) is 19.7. The van der Waals surface area contributed by atoms with E-state index in [1.54, 1.807) is 4.90 Å². The minimum atomic E-state index is -0.723. The summed E-state index contributed by atoms with van der Waals surface area (Å²) >= 11 is 0. The van der Waals surface area contributed by atoms with Crippen molar-refractivity contribution in [2.75, 3.05) is 24.6 Å². The number of nitrogens with zero attached hydrogens (tertiary/aromatic N) is 2. The van der Waals surface area contributed by atoms with E-state index in [9.17, 15) is 19.2 Å². The van der Waals surface area contributed by atoms with Gasteiger partial charge < -0.3 is 9.64 Å². The Morgan fingerprint density at radius 1 is 1.00 bits per heavy atom. The lowest BCUT2D eigenvalue weighted by Crippen LogP contribution is -2.40. The summed E-state index contributed by atoms with van der Waals surface area (Å²) in [7, 11) is 0. The molecule has 148 valence electrons. The molecule has 28 heavy (non-hydrogen) atoms. The summed E-state index contributed by atoms with van der Waals surface area (Å²) in [6.07, 6.45) is 5.05. The van der Waals surface area contributed by atoms with Crippen LogP contribution < -0.4 is 4.90 Å². The highest BCUT2D eigenvalue weighted by Crippen LogP contribution is 2.37. The van der Waals surface area contributed by atoms with Crippen molar-refractivity contribution in [3.63, 3.8) is 0 Å². The van der Waals surface area contributed by atoms with E-state index in [1.165, 1.54) is 0 Å². The van der Waals surface area contributed by atoms with Gasteiger partial charge in [-0.15, -0.1) is 0 Å². The van der Waals surface area contributed by atoms with Crippen LogP contribution >= 0.6 is 0 Å². The van der Waals surface area contributed by atoms with Crippen molar-refractivity contribution in [2.45, 2.75) is 38.5 Å². The van der Waals surface area contributed by atoms with Gasteiger partial charge in [-0.2, -0.15) is 0 Å². The number of anilines is 1. The van der Waals surface area contributed by atoms with Crippen LogP contribution in [0.5, 0.6) is 0 Å². The van der Waals surface area contributed by atoms with Crippen LogP contribution in [0.3, 0.4) is 0 Å². The van der Waals surface area contributed by atoms with E-state index in [1.807, 2.05) is 24.3 Å². The fraction of sp³-hybridized carbons (Fsp3) is 0.524. The molecular weight excluding hydrogens is 360 g/mol. The Labute approximate surface area is 163 Å². The lowest BCUT2D eigenvalue weighted by molar-refractivity contribution is -0.154. The number of imide groups is 1. The highest BCUT2D eigenvalue weighted by Gasteiger charge is 2.48. The van der Waals surface area contributed by atoms with Crippen molar-refractivity contribution in [2.24, 2.45) is 11.8 Å². The molecule has 7 heteroatoms. The molecule has 2 aliphatic heterocycles. The summed E-state index contributed by atoms with van der Waals surface area (Å²) in [5, 5.41) is 0. The summed E-state index contributed by atoms with van der Waals surface area (Å²) < 4.78 is 5.11. The van der Waals surface area contributed by atoms with Crippen LogP contribution in [0.25, 0.3) is 0 Å². The molecule has 2 heterocycles. The number of carbonyl (C=O) groups is 4. The quantitative estimate of drug-likeness (QED) is 0.583.